The summed E-state index contributed by atoms with van der Waals surface area (Å²) in [6.07, 6.45) is 3.58. The lowest BCUT2D eigenvalue weighted by Crippen LogP contribution is -2.41. The van der Waals surface area contributed by atoms with Crippen molar-refractivity contribution in [3.05, 3.63) is 17.9 Å². The molecule has 1 aromatic rings. The largest absolute Gasteiger partial charge is 0.447 e. The molecule has 1 aliphatic rings. The molecule has 0 aliphatic heterocycles. The first-order chi connectivity index (χ1) is 9.03. The van der Waals surface area contributed by atoms with Crippen molar-refractivity contribution in [2.75, 3.05) is 7.05 Å². The van der Waals surface area contributed by atoms with Crippen LogP contribution in [0.4, 0.5) is 0 Å². The Labute approximate surface area is 113 Å². The Balaban J connectivity index is 1.93. The molecule has 6 nitrogen and oxygen atoms in total. The third-order valence-corrected chi connectivity index (χ3v) is 4.73. The van der Waals surface area contributed by atoms with Crippen LogP contribution >= 0.6 is 0 Å². The Bertz CT molecular complexity index is 512. The number of sulfonamides is 1. The molecular formula is C12H20N2O4S. The Morgan fingerprint density at radius 1 is 1.37 bits per heavy atom. The molecule has 0 saturated heterocycles. The third kappa shape index (κ3) is 3.56. The second-order valence-electron chi connectivity index (χ2n) is 4.77. The predicted octanol–water partition coefficient (Wildman–Crippen LogP) is 0.581. The van der Waals surface area contributed by atoms with Crippen molar-refractivity contribution in [2.45, 2.75) is 49.5 Å². The van der Waals surface area contributed by atoms with Gasteiger partial charge in [0.25, 0.3) is 10.0 Å². The molecule has 2 atom stereocenters. The molecule has 0 spiro atoms. The van der Waals surface area contributed by atoms with Crippen LogP contribution in [0, 0.1) is 0 Å². The van der Waals surface area contributed by atoms with E-state index in [1.165, 1.54) is 13.1 Å². The van der Waals surface area contributed by atoms with E-state index < -0.39 is 10.0 Å². The Morgan fingerprint density at radius 2 is 2.11 bits per heavy atom. The van der Waals surface area contributed by atoms with Gasteiger partial charge in [0.05, 0.1) is 12.6 Å². The van der Waals surface area contributed by atoms with Gasteiger partial charge in [0.15, 0.2) is 0 Å². The van der Waals surface area contributed by atoms with Crippen LogP contribution in [0.1, 0.15) is 31.4 Å². The second kappa shape index (κ2) is 6.04. The van der Waals surface area contributed by atoms with Gasteiger partial charge in [0, 0.05) is 6.04 Å². The predicted molar refractivity (Wildman–Crippen MR) is 70.1 cm³/mol. The van der Waals surface area contributed by atoms with Gasteiger partial charge in [0.1, 0.15) is 5.76 Å². The molecule has 0 aromatic carbocycles. The van der Waals surface area contributed by atoms with Crippen molar-refractivity contribution in [1.29, 1.82) is 0 Å². The van der Waals surface area contributed by atoms with Crippen LogP contribution in [0.25, 0.3) is 0 Å². The molecule has 2 rings (SSSR count). The molecule has 0 radical (unpaired) electrons. The molecule has 0 bridgehead atoms. The molecule has 2 unspecified atom stereocenters. The number of nitrogens with one attached hydrogen (secondary N) is 2. The lowest BCUT2D eigenvalue weighted by Gasteiger charge is -2.28. The molecule has 1 heterocycles. The zero-order chi connectivity index (χ0) is 13.9. The summed E-state index contributed by atoms with van der Waals surface area (Å²) in [7, 11) is -2.18. The van der Waals surface area contributed by atoms with Gasteiger partial charge in [0.2, 0.25) is 5.09 Å². The number of aliphatic hydroxyl groups excluding tert-OH is 1. The molecular weight excluding hydrogens is 268 g/mol. The minimum absolute atomic E-state index is 0.0585. The quantitative estimate of drug-likeness (QED) is 0.737. The molecule has 1 aromatic heterocycles. The number of hydrogen-bond acceptors (Lipinski definition) is 5. The summed E-state index contributed by atoms with van der Waals surface area (Å²) in [6, 6.07) is 3.12. The summed E-state index contributed by atoms with van der Waals surface area (Å²) in [4.78, 5) is 0. The average molecular weight is 288 g/mol. The van der Waals surface area contributed by atoms with E-state index in [1.807, 2.05) is 0 Å². The van der Waals surface area contributed by atoms with E-state index in [4.69, 9.17) is 4.42 Å². The fourth-order valence-electron chi connectivity index (χ4n) is 2.28. The minimum atomic E-state index is -3.53. The highest BCUT2D eigenvalue weighted by Gasteiger charge is 2.23. The van der Waals surface area contributed by atoms with Crippen LogP contribution in [-0.2, 0) is 16.6 Å². The second-order valence-corrected chi connectivity index (χ2v) is 6.58. The first-order valence-corrected chi connectivity index (χ1v) is 7.95. The molecule has 1 fully saturated rings. The topological polar surface area (TPSA) is 91.6 Å². The van der Waals surface area contributed by atoms with E-state index in [0.717, 1.165) is 25.7 Å². The first kappa shape index (κ1) is 14.5. The van der Waals surface area contributed by atoms with Crippen molar-refractivity contribution < 1.29 is 17.9 Å². The van der Waals surface area contributed by atoms with Gasteiger partial charge in [-0.1, -0.05) is 12.8 Å². The maximum Gasteiger partial charge on any atom is 0.273 e. The zero-order valence-electron chi connectivity index (χ0n) is 10.9. The number of rotatable bonds is 5. The maximum absolute atomic E-state index is 11.5. The molecule has 108 valence electrons. The Morgan fingerprint density at radius 3 is 2.79 bits per heavy atom. The number of furan rings is 1. The first-order valence-electron chi connectivity index (χ1n) is 6.46. The van der Waals surface area contributed by atoms with E-state index in [0.29, 0.717) is 12.3 Å². The van der Waals surface area contributed by atoms with E-state index in [2.05, 4.69) is 10.0 Å². The highest BCUT2D eigenvalue weighted by Crippen LogP contribution is 2.19. The lowest BCUT2D eigenvalue weighted by atomic mass is 9.92. The summed E-state index contributed by atoms with van der Waals surface area (Å²) in [5.41, 5.74) is 0. The molecule has 3 N–H and O–H groups in total. The van der Waals surface area contributed by atoms with Crippen molar-refractivity contribution in [2.24, 2.45) is 0 Å². The minimum Gasteiger partial charge on any atom is -0.447 e. The van der Waals surface area contributed by atoms with Gasteiger partial charge in [-0.15, -0.1) is 0 Å². The molecule has 1 aliphatic carbocycles. The van der Waals surface area contributed by atoms with Gasteiger partial charge >= 0.3 is 0 Å². The highest BCUT2D eigenvalue weighted by atomic mass is 32.2. The standard InChI is InChI=1S/C12H20N2O4S/c1-13-19(16,17)12-7-6-9(18-12)8-14-10-4-2-3-5-11(10)15/h6-7,10-11,13-15H,2-5,8H2,1H3. The van der Waals surface area contributed by atoms with E-state index in [9.17, 15) is 13.5 Å². The molecule has 0 amide bonds. The molecule has 19 heavy (non-hydrogen) atoms. The monoisotopic (exact) mass is 288 g/mol. The molecule has 7 heteroatoms. The van der Waals surface area contributed by atoms with Gasteiger partial charge in [-0.05, 0) is 32.0 Å². The van der Waals surface area contributed by atoms with Crippen LogP contribution in [0.3, 0.4) is 0 Å². The lowest BCUT2D eigenvalue weighted by molar-refractivity contribution is 0.0891. The fraction of sp³-hybridized carbons (Fsp3) is 0.667. The van der Waals surface area contributed by atoms with Crippen LogP contribution < -0.4 is 10.0 Å². The van der Waals surface area contributed by atoms with Crippen LogP contribution in [0.15, 0.2) is 21.6 Å². The van der Waals surface area contributed by atoms with Crippen molar-refractivity contribution in [3.63, 3.8) is 0 Å². The summed E-state index contributed by atoms with van der Waals surface area (Å²) in [5.74, 6) is 0.548. The fourth-order valence-corrected chi connectivity index (χ4v) is 2.94. The zero-order valence-corrected chi connectivity index (χ0v) is 11.7. The number of hydrogen-bond donors (Lipinski definition) is 3. The van der Waals surface area contributed by atoms with Gasteiger partial charge in [-0.3, -0.25) is 0 Å². The number of aliphatic hydroxyl groups is 1. The van der Waals surface area contributed by atoms with E-state index in [-0.39, 0.29) is 17.2 Å². The normalized spacial score (nSPS) is 24.5. The Kier molecular flexibility index (Phi) is 4.62. The molecule has 1 saturated carbocycles. The van der Waals surface area contributed by atoms with Gasteiger partial charge in [-0.25, -0.2) is 13.1 Å². The smallest absolute Gasteiger partial charge is 0.273 e. The summed E-state index contributed by atoms with van der Waals surface area (Å²) < 4.78 is 30.5. The third-order valence-electron chi connectivity index (χ3n) is 3.44. The van der Waals surface area contributed by atoms with E-state index >= 15 is 0 Å². The summed E-state index contributed by atoms with van der Waals surface area (Å²) >= 11 is 0. The van der Waals surface area contributed by atoms with Crippen molar-refractivity contribution in [1.82, 2.24) is 10.0 Å². The Hall–Kier alpha value is -0.890. The van der Waals surface area contributed by atoms with Crippen LogP contribution in [0.5, 0.6) is 0 Å². The summed E-state index contributed by atoms with van der Waals surface area (Å²) in [6.45, 7) is 0.418. The average Bonchev–Trinajstić information content (AvgIpc) is 2.87. The SMILES string of the molecule is CNS(=O)(=O)c1ccc(CNC2CCCCC2O)o1. The van der Waals surface area contributed by atoms with Gasteiger partial charge < -0.3 is 14.8 Å². The van der Waals surface area contributed by atoms with Crippen molar-refractivity contribution >= 4 is 10.0 Å². The van der Waals surface area contributed by atoms with E-state index in [1.54, 1.807) is 6.07 Å². The highest BCUT2D eigenvalue weighted by molar-refractivity contribution is 7.89. The summed E-state index contributed by atoms with van der Waals surface area (Å²) in [5, 5.41) is 12.9. The van der Waals surface area contributed by atoms with Gasteiger partial charge in [-0.2, -0.15) is 0 Å². The van der Waals surface area contributed by atoms with Crippen LogP contribution in [-0.4, -0.2) is 32.7 Å². The maximum atomic E-state index is 11.5. The van der Waals surface area contributed by atoms with Crippen molar-refractivity contribution in [3.8, 4) is 0 Å². The van der Waals surface area contributed by atoms with Crippen LogP contribution in [0.2, 0.25) is 0 Å².